The van der Waals surface area contributed by atoms with Gasteiger partial charge in [0.25, 0.3) is 0 Å². The molecule has 2 heterocycles. The monoisotopic (exact) mass is 204 g/mol. The first kappa shape index (κ1) is 7.64. The molecule has 0 saturated carbocycles. The molecule has 0 aliphatic carbocycles. The van der Waals surface area contributed by atoms with Crippen LogP contribution in [0.4, 0.5) is 0 Å². The van der Waals surface area contributed by atoms with Crippen molar-refractivity contribution in [3.05, 3.63) is 7.91 Å². The predicted octanol–water partition coefficient (Wildman–Crippen LogP) is 2.60. The van der Waals surface area contributed by atoms with Crippen LogP contribution in [0.3, 0.4) is 0 Å². The lowest BCUT2D eigenvalue weighted by molar-refractivity contribution is 0.357. The lowest BCUT2D eigenvalue weighted by Crippen LogP contribution is -2.18. The SMILES string of the molecule is S=c1sc(=S)n2n1CCCC2. The van der Waals surface area contributed by atoms with Gasteiger partial charge in [-0.05, 0) is 37.3 Å². The summed E-state index contributed by atoms with van der Waals surface area (Å²) >= 11 is 11.8. The van der Waals surface area contributed by atoms with E-state index in [0.29, 0.717) is 0 Å². The van der Waals surface area contributed by atoms with E-state index in [9.17, 15) is 0 Å². The van der Waals surface area contributed by atoms with Crippen molar-refractivity contribution in [1.82, 2.24) is 9.36 Å². The summed E-state index contributed by atoms with van der Waals surface area (Å²) < 4.78 is 6.09. The maximum atomic E-state index is 5.15. The molecule has 0 radical (unpaired) electrons. The van der Waals surface area contributed by atoms with Gasteiger partial charge in [-0.15, -0.1) is 0 Å². The van der Waals surface area contributed by atoms with Gasteiger partial charge < -0.3 is 0 Å². The molecule has 0 bridgehead atoms. The van der Waals surface area contributed by atoms with Crippen molar-refractivity contribution in [1.29, 1.82) is 0 Å². The molecule has 2 rings (SSSR count). The fourth-order valence-corrected chi connectivity index (χ4v) is 3.08. The van der Waals surface area contributed by atoms with Crippen LogP contribution in [0.5, 0.6) is 0 Å². The molecule has 0 spiro atoms. The van der Waals surface area contributed by atoms with Crippen molar-refractivity contribution in [3.8, 4) is 0 Å². The number of aromatic nitrogens is 2. The minimum Gasteiger partial charge on any atom is -0.264 e. The normalized spacial score (nSPS) is 16.4. The highest BCUT2D eigenvalue weighted by molar-refractivity contribution is 7.75. The topological polar surface area (TPSA) is 9.86 Å². The van der Waals surface area contributed by atoms with Crippen LogP contribution in [0.1, 0.15) is 12.8 Å². The summed E-state index contributed by atoms with van der Waals surface area (Å²) in [5, 5.41) is 0. The second-order valence-electron chi connectivity index (χ2n) is 2.59. The second-order valence-corrected chi connectivity index (χ2v) is 4.86. The molecule has 11 heavy (non-hydrogen) atoms. The molecule has 0 unspecified atom stereocenters. The molecule has 0 atom stereocenters. The van der Waals surface area contributed by atoms with Crippen LogP contribution in [0.15, 0.2) is 0 Å². The second kappa shape index (κ2) is 2.80. The molecule has 2 nitrogen and oxygen atoms in total. The first-order valence-corrected chi connectivity index (χ1v) is 5.23. The van der Waals surface area contributed by atoms with E-state index >= 15 is 0 Å². The minimum absolute atomic E-state index is 0.926. The van der Waals surface area contributed by atoms with Gasteiger partial charge in [0, 0.05) is 13.1 Å². The highest BCUT2D eigenvalue weighted by atomic mass is 32.2. The van der Waals surface area contributed by atoms with E-state index in [1.54, 1.807) is 11.3 Å². The molecule has 0 fully saturated rings. The number of rotatable bonds is 0. The van der Waals surface area contributed by atoms with Crippen molar-refractivity contribution in [2.75, 3.05) is 0 Å². The van der Waals surface area contributed by atoms with Crippen LogP contribution in [0.2, 0.25) is 0 Å². The van der Waals surface area contributed by atoms with Crippen molar-refractivity contribution in [3.63, 3.8) is 0 Å². The molecular weight excluding hydrogens is 196 g/mol. The van der Waals surface area contributed by atoms with Gasteiger partial charge in [-0.25, -0.2) is 0 Å². The molecular formula is C6H8N2S3. The molecule has 1 aliphatic heterocycles. The third-order valence-electron chi connectivity index (χ3n) is 1.88. The summed E-state index contributed by atoms with van der Waals surface area (Å²) in [7, 11) is 0. The summed E-state index contributed by atoms with van der Waals surface area (Å²) in [6.45, 7) is 2.10. The maximum absolute atomic E-state index is 5.15. The Bertz CT molecular complexity index is 335. The Hall–Kier alpha value is 0. The van der Waals surface area contributed by atoms with Gasteiger partial charge in [-0.3, -0.25) is 9.36 Å². The van der Waals surface area contributed by atoms with Crippen LogP contribution in [-0.2, 0) is 13.1 Å². The van der Waals surface area contributed by atoms with Crippen LogP contribution < -0.4 is 0 Å². The van der Waals surface area contributed by atoms with E-state index in [1.165, 1.54) is 12.8 Å². The number of nitrogens with zero attached hydrogens (tertiary/aromatic N) is 2. The first-order valence-electron chi connectivity index (χ1n) is 3.60. The predicted molar refractivity (Wildman–Crippen MR) is 51.2 cm³/mol. The quantitative estimate of drug-likeness (QED) is 0.601. The average Bonchev–Trinajstić information content (AvgIpc) is 2.30. The maximum Gasteiger partial charge on any atom is 0.178 e. The third-order valence-corrected chi connectivity index (χ3v) is 3.57. The molecule has 60 valence electrons. The molecule has 0 N–H and O–H groups in total. The average molecular weight is 204 g/mol. The van der Waals surface area contributed by atoms with E-state index in [2.05, 4.69) is 9.36 Å². The minimum atomic E-state index is 0.926. The molecule has 0 aromatic carbocycles. The molecule has 1 aromatic heterocycles. The zero-order valence-corrected chi connectivity index (χ0v) is 8.40. The number of hydrogen-bond acceptors (Lipinski definition) is 3. The van der Waals surface area contributed by atoms with Gasteiger partial charge in [0.1, 0.15) is 0 Å². The molecule has 0 amide bonds. The highest BCUT2D eigenvalue weighted by Crippen LogP contribution is 2.14. The van der Waals surface area contributed by atoms with Gasteiger partial charge >= 0.3 is 0 Å². The largest absolute Gasteiger partial charge is 0.264 e. The van der Waals surface area contributed by atoms with Gasteiger partial charge in [-0.1, -0.05) is 11.3 Å². The molecule has 5 heteroatoms. The Morgan fingerprint density at radius 1 is 1.00 bits per heavy atom. The van der Waals surface area contributed by atoms with Crippen molar-refractivity contribution < 1.29 is 0 Å². The summed E-state index contributed by atoms with van der Waals surface area (Å²) in [6.07, 6.45) is 2.47. The Labute approximate surface area is 79.1 Å². The summed E-state index contributed by atoms with van der Waals surface area (Å²) in [5.74, 6) is 0. The van der Waals surface area contributed by atoms with Crippen LogP contribution >= 0.6 is 35.8 Å². The Kier molecular flexibility index (Phi) is 1.95. The fourth-order valence-electron chi connectivity index (χ4n) is 1.32. The van der Waals surface area contributed by atoms with Gasteiger partial charge in [-0.2, -0.15) is 0 Å². The van der Waals surface area contributed by atoms with E-state index in [-0.39, 0.29) is 0 Å². The van der Waals surface area contributed by atoms with E-state index in [0.717, 1.165) is 21.0 Å². The Balaban J connectivity index is 2.70. The number of hydrogen-bond donors (Lipinski definition) is 0. The van der Waals surface area contributed by atoms with Gasteiger partial charge in [0.15, 0.2) is 7.91 Å². The zero-order chi connectivity index (χ0) is 7.84. The zero-order valence-electron chi connectivity index (χ0n) is 5.95. The summed E-state index contributed by atoms with van der Waals surface area (Å²) in [4.78, 5) is 0. The van der Waals surface area contributed by atoms with Crippen LogP contribution in [0, 0.1) is 7.91 Å². The smallest absolute Gasteiger partial charge is 0.178 e. The fraction of sp³-hybridized carbons (Fsp3) is 0.667. The first-order chi connectivity index (χ1) is 5.29. The molecule has 1 aromatic rings. The molecule has 0 saturated heterocycles. The van der Waals surface area contributed by atoms with Gasteiger partial charge in [0.2, 0.25) is 0 Å². The molecule has 1 aliphatic rings. The Morgan fingerprint density at radius 2 is 1.45 bits per heavy atom. The third kappa shape index (κ3) is 1.21. The van der Waals surface area contributed by atoms with Crippen LogP contribution in [0.25, 0.3) is 0 Å². The Morgan fingerprint density at radius 3 is 1.91 bits per heavy atom. The van der Waals surface area contributed by atoms with Crippen molar-refractivity contribution in [2.24, 2.45) is 0 Å². The number of fused-ring (bicyclic) bond motifs is 1. The lowest BCUT2D eigenvalue weighted by atomic mass is 10.3. The highest BCUT2D eigenvalue weighted by Gasteiger charge is 2.08. The van der Waals surface area contributed by atoms with Crippen LogP contribution in [-0.4, -0.2) is 9.36 Å². The standard InChI is InChI=1S/C6H8N2S3/c9-5-7-3-1-2-4-8(7)6(10)11-5/h1-4H2. The van der Waals surface area contributed by atoms with E-state index < -0.39 is 0 Å². The summed E-state index contributed by atoms with van der Waals surface area (Å²) in [6, 6.07) is 0. The van der Waals surface area contributed by atoms with Crippen molar-refractivity contribution in [2.45, 2.75) is 25.9 Å². The van der Waals surface area contributed by atoms with Gasteiger partial charge in [0.05, 0.1) is 0 Å². The van der Waals surface area contributed by atoms with E-state index in [4.69, 9.17) is 24.4 Å². The van der Waals surface area contributed by atoms with E-state index in [1.807, 2.05) is 0 Å². The van der Waals surface area contributed by atoms with Crippen molar-refractivity contribution >= 4 is 35.8 Å². The summed E-state index contributed by atoms with van der Waals surface area (Å²) in [5.41, 5.74) is 0. The lowest BCUT2D eigenvalue weighted by Gasteiger charge is -2.16.